The maximum Gasteiger partial charge on any atom is 0.433 e. The minimum atomic E-state index is -4.85. The van der Waals surface area contributed by atoms with Gasteiger partial charge < -0.3 is 5.32 Å². The predicted octanol–water partition coefficient (Wildman–Crippen LogP) is 5.86. The summed E-state index contributed by atoms with van der Waals surface area (Å²) in [5.41, 5.74) is -3.15. The van der Waals surface area contributed by atoms with Gasteiger partial charge in [0.25, 0.3) is 5.91 Å². The van der Waals surface area contributed by atoms with E-state index in [9.17, 15) is 31.1 Å². The molecule has 10 heteroatoms. The van der Waals surface area contributed by atoms with Gasteiger partial charge in [0.05, 0.1) is 17.3 Å². The monoisotopic (exact) mass is 427 g/mol. The molecule has 0 unspecified atom stereocenters. The zero-order valence-corrected chi connectivity index (χ0v) is 15.5. The van der Waals surface area contributed by atoms with Gasteiger partial charge in [0.2, 0.25) is 0 Å². The molecule has 0 saturated heterocycles. The Kier molecular flexibility index (Phi) is 5.60. The number of carbonyl (C=O) groups excluding carboxylic acids is 1. The third kappa shape index (κ3) is 4.32. The van der Waals surface area contributed by atoms with E-state index in [1.54, 1.807) is 18.2 Å². The first-order chi connectivity index (χ1) is 14.0. The second-order valence-corrected chi connectivity index (χ2v) is 6.30. The van der Waals surface area contributed by atoms with Crippen LogP contribution in [0.2, 0.25) is 0 Å². The number of hydrogen-bond donors (Lipinski definition) is 1. The quantitative estimate of drug-likeness (QED) is 0.530. The maximum atomic E-state index is 13.6. The van der Waals surface area contributed by atoms with Gasteiger partial charge in [-0.1, -0.05) is 36.4 Å². The van der Waals surface area contributed by atoms with Crippen LogP contribution in [-0.4, -0.2) is 15.7 Å². The zero-order chi connectivity index (χ0) is 22.1. The lowest BCUT2D eigenvalue weighted by molar-refractivity contribution is -0.144. The van der Waals surface area contributed by atoms with Crippen molar-refractivity contribution < 1.29 is 31.1 Å². The molecule has 0 aliphatic rings. The number of halogens is 6. The summed E-state index contributed by atoms with van der Waals surface area (Å²) in [6.45, 7) is 1.29. The Labute approximate surface area is 167 Å². The van der Waals surface area contributed by atoms with Gasteiger partial charge in [-0.15, -0.1) is 0 Å². The Morgan fingerprint density at radius 3 is 2.23 bits per heavy atom. The van der Waals surface area contributed by atoms with E-state index in [0.717, 1.165) is 12.3 Å². The molecule has 3 rings (SSSR count). The second-order valence-electron chi connectivity index (χ2n) is 6.30. The van der Waals surface area contributed by atoms with Crippen LogP contribution >= 0.6 is 0 Å². The van der Waals surface area contributed by atoms with E-state index in [1.165, 1.54) is 25.1 Å². The Balaban J connectivity index is 1.99. The fourth-order valence-electron chi connectivity index (χ4n) is 3.01. The zero-order valence-electron chi connectivity index (χ0n) is 15.5. The van der Waals surface area contributed by atoms with Crippen LogP contribution in [0, 0.1) is 0 Å². The molecular weight excluding hydrogens is 412 g/mol. The number of benzene rings is 2. The largest absolute Gasteiger partial charge is 0.433 e. The Morgan fingerprint density at radius 2 is 1.67 bits per heavy atom. The van der Waals surface area contributed by atoms with Crippen molar-refractivity contribution in [1.82, 2.24) is 9.78 Å². The number of nitrogens with zero attached hydrogens (tertiary/aromatic N) is 2. The van der Waals surface area contributed by atoms with Crippen LogP contribution in [0.4, 0.5) is 32.0 Å². The van der Waals surface area contributed by atoms with E-state index in [-0.39, 0.29) is 17.8 Å². The normalized spacial score (nSPS) is 12.1. The number of alkyl halides is 6. The van der Waals surface area contributed by atoms with E-state index in [1.807, 2.05) is 0 Å². The molecule has 0 atom stereocenters. The number of carbonyl (C=O) groups is 1. The summed E-state index contributed by atoms with van der Waals surface area (Å²) in [6.07, 6.45) is -8.85. The van der Waals surface area contributed by atoms with Crippen molar-refractivity contribution in [3.8, 4) is 11.1 Å². The van der Waals surface area contributed by atoms with Gasteiger partial charge in [-0.2, -0.15) is 31.4 Å². The minimum absolute atomic E-state index is 0.115. The topological polar surface area (TPSA) is 46.9 Å². The molecule has 0 radical (unpaired) electrons. The molecule has 0 bridgehead atoms. The van der Waals surface area contributed by atoms with Crippen molar-refractivity contribution in [2.45, 2.75) is 25.8 Å². The van der Waals surface area contributed by atoms with E-state index >= 15 is 0 Å². The number of amides is 1. The minimum Gasteiger partial charge on any atom is -0.322 e. The predicted molar refractivity (Wildman–Crippen MR) is 97.7 cm³/mol. The Morgan fingerprint density at radius 1 is 1.00 bits per heavy atom. The lowest BCUT2D eigenvalue weighted by Gasteiger charge is -2.16. The van der Waals surface area contributed by atoms with Crippen molar-refractivity contribution in [2.24, 2.45) is 0 Å². The highest BCUT2D eigenvalue weighted by molar-refractivity contribution is 6.05. The van der Waals surface area contributed by atoms with Crippen LogP contribution in [0.5, 0.6) is 0 Å². The summed E-state index contributed by atoms with van der Waals surface area (Å²) >= 11 is 0. The third-order valence-corrected chi connectivity index (χ3v) is 4.32. The van der Waals surface area contributed by atoms with Crippen molar-refractivity contribution in [2.75, 3.05) is 5.32 Å². The molecule has 2 aromatic carbocycles. The van der Waals surface area contributed by atoms with Crippen molar-refractivity contribution in [3.05, 3.63) is 71.5 Å². The van der Waals surface area contributed by atoms with Gasteiger partial charge >= 0.3 is 12.4 Å². The van der Waals surface area contributed by atoms with Crippen molar-refractivity contribution in [3.63, 3.8) is 0 Å². The van der Waals surface area contributed by atoms with Crippen LogP contribution in [-0.2, 0) is 18.9 Å². The van der Waals surface area contributed by atoms with E-state index in [0.29, 0.717) is 16.3 Å². The first-order valence-electron chi connectivity index (χ1n) is 8.73. The van der Waals surface area contributed by atoms with Crippen LogP contribution in [0.3, 0.4) is 0 Å². The first kappa shape index (κ1) is 21.4. The van der Waals surface area contributed by atoms with Crippen molar-refractivity contribution >= 4 is 11.6 Å². The highest BCUT2D eigenvalue weighted by Gasteiger charge is 2.40. The summed E-state index contributed by atoms with van der Waals surface area (Å²) < 4.78 is 81.2. The molecule has 4 nitrogen and oxygen atoms in total. The van der Waals surface area contributed by atoms with E-state index in [4.69, 9.17) is 0 Å². The molecule has 1 aromatic heterocycles. The average Bonchev–Trinajstić information content (AvgIpc) is 3.13. The molecule has 0 aliphatic heterocycles. The molecule has 3 aromatic rings. The summed E-state index contributed by atoms with van der Waals surface area (Å²) in [4.78, 5) is 12.4. The summed E-state index contributed by atoms with van der Waals surface area (Å²) in [6, 6.07) is 10.9. The van der Waals surface area contributed by atoms with Crippen LogP contribution in [0.25, 0.3) is 11.1 Å². The molecule has 0 spiro atoms. The molecule has 158 valence electrons. The van der Waals surface area contributed by atoms with Crippen LogP contribution < -0.4 is 5.32 Å². The van der Waals surface area contributed by atoms with Crippen LogP contribution in [0.1, 0.15) is 28.5 Å². The smallest absolute Gasteiger partial charge is 0.322 e. The SMILES string of the molecule is CCn1ncc(C(=O)Nc2ccc(-c3ccccc3)c(C(F)(F)F)c2)c1C(F)(F)F. The lowest BCUT2D eigenvalue weighted by atomic mass is 9.98. The van der Waals surface area contributed by atoms with Gasteiger partial charge in [-0.25, -0.2) is 0 Å². The number of anilines is 1. The molecule has 1 N–H and O–H groups in total. The third-order valence-electron chi connectivity index (χ3n) is 4.32. The standard InChI is InChI=1S/C20H15F6N3O/c1-2-29-17(20(24,25)26)15(11-27-29)18(30)28-13-8-9-14(12-6-4-3-5-7-12)16(10-13)19(21,22)23/h3-11H,2H2,1H3,(H,28,30). The van der Waals surface area contributed by atoms with E-state index in [2.05, 4.69) is 10.4 Å². The lowest BCUT2D eigenvalue weighted by Crippen LogP contribution is -2.21. The number of aryl methyl sites for hydroxylation is 1. The van der Waals surface area contributed by atoms with Gasteiger partial charge in [0.1, 0.15) is 0 Å². The number of hydrogen-bond acceptors (Lipinski definition) is 2. The Bertz CT molecular complexity index is 1050. The second kappa shape index (κ2) is 7.85. The van der Waals surface area contributed by atoms with E-state index < -0.39 is 35.1 Å². The Hall–Kier alpha value is -3.30. The fraction of sp³-hybridized carbons (Fsp3) is 0.200. The van der Waals surface area contributed by atoms with Crippen molar-refractivity contribution in [1.29, 1.82) is 0 Å². The average molecular weight is 427 g/mol. The molecule has 0 fully saturated rings. The van der Waals surface area contributed by atoms with Gasteiger partial charge in [-0.3, -0.25) is 9.48 Å². The van der Waals surface area contributed by atoms with Gasteiger partial charge in [0.15, 0.2) is 5.69 Å². The number of aromatic nitrogens is 2. The maximum absolute atomic E-state index is 13.6. The van der Waals surface area contributed by atoms with Crippen LogP contribution in [0.15, 0.2) is 54.7 Å². The summed E-state index contributed by atoms with van der Waals surface area (Å²) in [5, 5.41) is 5.64. The highest BCUT2D eigenvalue weighted by atomic mass is 19.4. The highest BCUT2D eigenvalue weighted by Crippen LogP contribution is 2.39. The molecule has 0 saturated carbocycles. The number of rotatable bonds is 4. The summed E-state index contributed by atoms with van der Waals surface area (Å²) in [5.74, 6) is -1.21. The van der Waals surface area contributed by atoms with Gasteiger partial charge in [0, 0.05) is 12.2 Å². The molecular formula is C20H15F6N3O. The molecule has 30 heavy (non-hydrogen) atoms. The summed E-state index contributed by atoms with van der Waals surface area (Å²) in [7, 11) is 0. The number of nitrogens with one attached hydrogen (secondary N) is 1. The molecule has 1 amide bonds. The van der Waals surface area contributed by atoms with Gasteiger partial charge in [-0.05, 0) is 30.2 Å². The first-order valence-corrected chi connectivity index (χ1v) is 8.73. The molecule has 0 aliphatic carbocycles. The fourth-order valence-corrected chi connectivity index (χ4v) is 3.01. The molecule has 1 heterocycles.